The van der Waals surface area contributed by atoms with E-state index >= 15 is 0 Å². The van der Waals surface area contributed by atoms with Crippen LogP contribution in [-0.2, 0) is 4.79 Å². The van der Waals surface area contributed by atoms with Crippen LogP contribution in [0.1, 0.15) is 36.0 Å². The molecule has 168 valence electrons. The number of piperidine rings is 1. The van der Waals surface area contributed by atoms with E-state index < -0.39 is 11.9 Å². The van der Waals surface area contributed by atoms with E-state index in [2.05, 4.69) is 63.2 Å². The van der Waals surface area contributed by atoms with Crippen molar-refractivity contribution in [2.24, 2.45) is 5.92 Å². The molecular weight excluding hydrogens is 415 g/mol. The molecule has 0 bridgehead atoms. The highest BCUT2D eigenvalue weighted by atomic mass is 19.1. The van der Waals surface area contributed by atoms with Gasteiger partial charge in [-0.05, 0) is 72.6 Å². The number of amides is 3. The van der Waals surface area contributed by atoms with Crippen LogP contribution < -0.4 is 4.90 Å². The highest BCUT2D eigenvalue weighted by Gasteiger charge is 2.50. The zero-order chi connectivity index (χ0) is 23.3. The molecule has 0 aliphatic carbocycles. The first-order valence-corrected chi connectivity index (χ1v) is 11.4. The molecule has 0 N–H and O–H groups in total. The highest BCUT2D eigenvalue weighted by Crippen LogP contribution is 2.42. The number of imide groups is 1. The Morgan fingerprint density at radius 2 is 1.70 bits per heavy atom. The van der Waals surface area contributed by atoms with Gasteiger partial charge in [0, 0.05) is 6.54 Å². The van der Waals surface area contributed by atoms with Crippen molar-refractivity contribution in [3.05, 3.63) is 89.2 Å². The van der Waals surface area contributed by atoms with Crippen molar-refractivity contribution in [1.29, 1.82) is 0 Å². The molecular formula is C28H27FN2O2. The first kappa shape index (κ1) is 21.4. The summed E-state index contributed by atoms with van der Waals surface area (Å²) < 4.78 is 13.8. The van der Waals surface area contributed by atoms with Crippen LogP contribution in [0.5, 0.6) is 0 Å². The Morgan fingerprint density at radius 1 is 0.939 bits per heavy atom. The number of carbonyl (C=O) groups is 2. The topological polar surface area (TPSA) is 40.6 Å². The number of halogens is 1. The molecule has 0 radical (unpaired) electrons. The summed E-state index contributed by atoms with van der Waals surface area (Å²) in [5.74, 6) is -0.389. The second-order valence-electron chi connectivity index (χ2n) is 9.31. The number of rotatable bonds is 3. The van der Waals surface area contributed by atoms with Gasteiger partial charge in [-0.2, -0.15) is 0 Å². The van der Waals surface area contributed by atoms with Crippen LogP contribution in [0.15, 0.2) is 66.7 Å². The quantitative estimate of drug-likeness (QED) is 0.462. The second kappa shape index (κ2) is 8.14. The van der Waals surface area contributed by atoms with Crippen molar-refractivity contribution in [2.75, 3.05) is 11.4 Å². The molecule has 2 saturated heterocycles. The van der Waals surface area contributed by atoms with Crippen molar-refractivity contribution >= 4 is 17.6 Å². The molecule has 0 aromatic heterocycles. The maximum Gasteiger partial charge on any atom is 0.332 e. The molecule has 3 atom stereocenters. The van der Waals surface area contributed by atoms with Crippen LogP contribution in [-0.4, -0.2) is 29.4 Å². The van der Waals surface area contributed by atoms with Gasteiger partial charge in [-0.1, -0.05) is 61.0 Å². The number of anilines is 1. The monoisotopic (exact) mass is 442 g/mol. The average Bonchev–Trinajstić information content (AvgIpc) is 3.02. The number of urea groups is 1. The predicted octanol–water partition coefficient (Wildman–Crippen LogP) is 6.07. The van der Waals surface area contributed by atoms with Crippen molar-refractivity contribution in [1.82, 2.24) is 4.90 Å². The summed E-state index contributed by atoms with van der Waals surface area (Å²) in [6, 6.07) is 19.6. The lowest BCUT2D eigenvalue weighted by molar-refractivity contribution is -0.120. The van der Waals surface area contributed by atoms with Gasteiger partial charge in [0.05, 0.1) is 5.69 Å². The molecule has 3 unspecified atom stereocenters. The van der Waals surface area contributed by atoms with Crippen LogP contribution in [0.2, 0.25) is 0 Å². The highest BCUT2D eigenvalue weighted by molar-refractivity contribution is 6.21. The Kier molecular flexibility index (Phi) is 5.28. The molecule has 0 saturated carbocycles. The Bertz CT molecular complexity index is 1250. The minimum absolute atomic E-state index is 0.153. The summed E-state index contributed by atoms with van der Waals surface area (Å²) in [4.78, 5) is 29.2. The molecule has 2 fully saturated rings. The fraction of sp³-hybridized carbons (Fsp3) is 0.286. The summed E-state index contributed by atoms with van der Waals surface area (Å²) in [5.41, 5.74) is 6.33. The fourth-order valence-electron chi connectivity index (χ4n) is 5.45. The molecule has 2 aliphatic rings. The lowest BCUT2D eigenvalue weighted by atomic mass is 9.76. The van der Waals surface area contributed by atoms with Gasteiger partial charge in [0.25, 0.3) is 5.91 Å². The molecule has 0 spiro atoms. The number of fused-ring (bicyclic) bond motifs is 1. The second-order valence-corrected chi connectivity index (χ2v) is 9.31. The molecule has 4 nitrogen and oxygen atoms in total. The van der Waals surface area contributed by atoms with Crippen molar-refractivity contribution in [2.45, 2.75) is 39.2 Å². The van der Waals surface area contributed by atoms with Gasteiger partial charge in [-0.3, -0.25) is 4.79 Å². The lowest BCUT2D eigenvalue weighted by Gasteiger charge is -2.38. The Labute approximate surface area is 193 Å². The van der Waals surface area contributed by atoms with E-state index in [0.717, 1.165) is 4.90 Å². The van der Waals surface area contributed by atoms with Crippen molar-refractivity contribution in [3.63, 3.8) is 0 Å². The summed E-state index contributed by atoms with van der Waals surface area (Å²) in [7, 11) is 0. The van der Waals surface area contributed by atoms with Crippen LogP contribution in [0.3, 0.4) is 0 Å². The largest absolute Gasteiger partial charge is 0.332 e. The molecule has 3 aromatic rings. The molecule has 5 heteroatoms. The number of benzene rings is 3. The molecule has 3 aromatic carbocycles. The van der Waals surface area contributed by atoms with Crippen molar-refractivity contribution < 1.29 is 14.0 Å². The van der Waals surface area contributed by atoms with Gasteiger partial charge in [-0.15, -0.1) is 0 Å². The Hall–Kier alpha value is -3.47. The van der Waals surface area contributed by atoms with Gasteiger partial charge in [0.15, 0.2) is 0 Å². The molecule has 3 amide bonds. The average molecular weight is 443 g/mol. The third-order valence-electron chi connectivity index (χ3n) is 7.14. The van der Waals surface area contributed by atoms with Crippen LogP contribution >= 0.6 is 0 Å². The summed E-state index contributed by atoms with van der Waals surface area (Å²) in [5, 5.41) is 0. The number of hydrogen-bond donors (Lipinski definition) is 0. The van der Waals surface area contributed by atoms with Gasteiger partial charge in [-0.25, -0.2) is 14.1 Å². The molecule has 33 heavy (non-hydrogen) atoms. The van der Waals surface area contributed by atoms with E-state index in [-0.39, 0.29) is 23.8 Å². The Balaban J connectivity index is 1.48. The van der Waals surface area contributed by atoms with Crippen LogP contribution in [0.4, 0.5) is 14.9 Å². The predicted molar refractivity (Wildman–Crippen MR) is 128 cm³/mol. The molecule has 2 heterocycles. The Morgan fingerprint density at radius 3 is 2.45 bits per heavy atom. The first-order valence-electron chi connectivity index (χ1n) is 11.4. The summed E-state index contributed by atoms with van der Waals surface area (Å²) in [6.07, 6.45) is 0.565. The number of carbonyl (C=O) groups excluding carboxylic acids is 2. The van der Waals surface area contributed by atoms with Gasteiger partial charge >= 0.3 is 6.03 Å². The minimum atomic E-state index is -0.524. The van der Waals surface area contributed by atoms with E-state index in [1.807, 2.05) is 0 Å². The minimum Gasteiger partial charge on any atom is -0.312 e. The van der Waals surface area contributed by atoms with E-state index in [9.17, 15) is 14.0 Å². The first-order chi connectivity index (χ1) is 15.8. The van der Waals surface area contributed by atoms with Crippen molar-refractivity contribution in [3.8, 4) is 11.1 Å². The third kappa shape index (κ3) is 3.62. The van der Waals surface area contributed by atoms with Gasteiger partial charge in [0.1, 0.15) is 11.9 Å². The number of hydrogen-bond acceptors (Lipinski definition) is 2. The zero-order valence-electron chi connectivity index (χ0n) is 19.1. The zero-order valence-corrected chi connectivity index (χ0v) is 19.1. The van der Waals surface area contributed by atoms with Crippen LogP contribution in [0, 0.1) is 25.6 Å². The summed E-state index contributed by atoms with van der Waals surface area (Å²) >= 11 is 0. The smallest absolute Gasteiger partial charge is 0.312 e. The van der Waals surface area contributed by atoms with E-state index in [0.29, 0.717) is 18.7 Å². The maximum absolute atomic E-state index is 13.8. The SMILES string of the molecule is Cc1cccc(-c2cccc(C3CC4C(=O)N(c5cccc(F)c5)C(=O)N4CC3C)c2C)c1. The van der Waals surface area contributed by atoms with Gasteiger partial charge in [0.2, 0.25) is 0 Å². The van der Waals surface area contributed by atoms with E-state index in [1.54, 1.807) is 11.0 Å². The number of nitrogens with zero attached hydrogens (tertiary/aromatic N) is 2. The lowest BCUT2D eigenvalue weighted by Crippen LogP contribution is -2.45. The summed E-state index contributed by atoms with van der Waals surface area (Å²) in [6.45, 7) is 6.88. The van der Waals surface area contributed by atoms with E-state index in [4.69, 9.17) is 0 Å². The maximum atomic E-state index is 13.8. The van der Waals surface area contributed by atoms with Crippen LogP contribution in [0.25, 0.3) is 11.1 Å². The fourth-order valence-corrected chi connectivity index (χ4v) is 5.45. The third-order valence-corrected chi connectivity index (χ3v) is 7.14. The standard InChI is InChI=1S/C28H27FN2O2/c1-17-7-4-8-20(13-17)23-11-6-12-24(19(23)3)25-15-26-27(32)31(22-10-5-9-21(29)14-22)28(33)30(26)16-18(25)2/h4-14,18,25-26H,15-16H2,1-3H3. The number of aryl methyl sites for hydroxylation is 1. The molecule has 5 rings (SSSR count). The molecule has 2 aliphatic heterocycles. The van der Waals surface area contributed by atoms with Gasteiger partial charge < -0.3 is 4.90 Å². The normalized spacial score (nSPS) is 22.6. The van der Waals surface area contributed by atoms with E-state index in [1.165, 1.54) is 46.0 Å².